The smallest absolute Gasteiger partial charge is 0.258 e. The number of hydrogen-bond donors (Lipinski definition) is 4. The van der Waals surface area contributed by atoms with E-state index in [1.165, 1.54) is 12.1 Å². The molecular weight excluding hydrogens is 419 g/mol. The Kier molecular flexibility index (Phi) is 5.64. The normalized spacial score (nSPS) is 18.6. The number of amides is 3. The van der Waals surface area contributed by atoms with Crippen LogP contribution < -0.4 is 26.8 Å². The summed E-state index contributed by atoms with van der Waals surface area (Å²) in [5.41, 5.74) is 5.47. The molecule has 3 amide bonds. The van der Waals surface area contributed by atoms with Gasteiger partial charge in [-0.1, -0.05) is 6.07 Å². The molecule has 11 heteroatoms. The first-order chi connectivity index (χ1) is 15.2. The molecule has 1 aromatic carbocycles. The predicted molar refractivity (Wildman–Crippen MR) is 115 cm³/mol. The van der Waals surface area contributed by atoms with Crippen molar-refractivity contribution in [3.63, 3.8) is 0 Å². The van der Waals surface area contributed by atoms with Crippen molar-refractivity contribution < 1.29 is 18.8 Å². The van der Waals surface area contributed by atoms with Gasteiger partial charge in [0.1, 0.15) is 11.6 Å². The van der Waals surface area contributed by atoms with Crippen LogP contribution in [0.5, 0.6) is 0 Å². The van der Waals surface area contributed by atoms with E-state index in [0.717, 1.165) is 0 Å². The fourth-order valence-electron chi connectivity index (χ4n) is 4.05. The molecule has 1 aromatic heterocycles. The molecular formula is C21H23FN6O4. The predicted octanol–water partition coefficient (Wildman–Crippen LogP) is 0.984. The number of anilines is 3. The van der Waals surface area contributed by atoms with E-state index in [9.17, 15) is 23.6 Å². The highest BCUT2D eigenvalue weighted by atomic mass is 19.1. The summed E-state index contributed by atoms with van der Waals surface area (Å²) in [6, 6.07) is 4.34. The number of nitrogens with one attached hydrogen (secondary N) is 3. The molecule has 168 valence electrons. The standard InChI is InChI=1S/C21H23FN6O4/c1-10-2-3-14(13(22)8-10)24-19(31)12-9-15(29)25-18-16(12)20(32)27-21(26-18)28-6-4-11(5-7-28)17(23)30/h2-3,8,11-12H,4-7,9H2,1H3,(H2,23,30)(H,24,31)(H2,25,26,27,29,32)/t12-/m0/s1. The lowest BCUT2D eigenvalue weighted by Gasteiger charge is -2.32. The molecule has 3 heterocycles. The summed E-state index contributed by atoms with van der Waals surface area (Å²) in [7, 11) is 0. The number of nitrogens with zero attached hydrogens (tertiary/aromatic N) is 2. The third kappa shape index (κ3) is 4.18. The minimum absolute atomic E-state index is 0.00144. The number of halogens is 1. The maximum atomic E-state index is 14.2. The van der Waals surface area contributed by atoms with Gasteiger partial charge in [-0.25, -0.2) is 4.39 Å². The number of carbonyl (C=O) groups is 3. The van der Waals surface area contributed by atoms with E-state index in [1.807, 2.05) is 0 Å². The van der Waals surface area contributed by atoms with Gasteiger partial charge >= 0.3 is 0 Å². The Morgan fingerprint density at radius 1 is 1.25 bits per heavy atom. The number of hydrogen-bond acceptors (Lipinski definition) is 6. The highest BCUT2D eigenvalue weighted by Crippen LogP contribution is 2.31. The number of aromatic amines is 1. The maximum Gasteiger partial charge on any atom is 0.258 e. The second kappa shape index (κ2) is 8.40. The third-order valence-corrected chi connectivity index (χ3v) is 5.83. The van der Waals surface area contributed by atoms with E-state index < -0.39 is 29.1 Å². The van der Waals surface area contributed by atoms with E-state index in [-0.39, 0.29) is 41.3 Å². The highest BCUT2D eigenvalue weighted by molar-refractivity contribution is 6.04. The first-order valence-corrected chi connectivity index (χ1v) is 10.3. The van der Waals surface area contributed by atoms with Gasteiger partial charge in [-0.15, -0.1) is 0 Å². The van der Waals surface area contributed by atoms with Crippen LogP contribution in [0.4, 0.5) is 21.8 Å². The number of primary amides is 1. The Morgan fingerprint density at radius 3 is 2.62 bits per heavy atom. The van der Waals surface area contributed by atoms with Crippen LogP contribution in [0.15, 0.2) is 23.0 Å². The minimum Gasteiger partial charge on any atom is -0.369 e. The molecule has 1 atom stereocenters. The summed E-state index contributed by atoms with van der Waals surface area (Å²) in [5, 5.41) is 5.01. The van der Waals surface area contributed by atoms with Gasteiger partial charge in [0.25, 0.3) is 5.56 Å². The molecule has 2 aromatic rings. The van der Waals surface area contributed by atoms with Gasteiger partial charge in [0.05, 0.1) is 17.2 Å². The summed E-state index contributed by atoms with van der Waals surface area (Å²) in [6.45, 7) is 2.63. The van der Waals surface area contributed by atoms with Crippen molar-refractivity contribution in [3.8, 4) is 0 Å². The second-order valence-corrected chi connectivity index (χ2v) is 8.09. The fourth-order valence-corrected chi connectivity index (χ4v) is 4.05. The molecule has 0 unspecified atom stereocenters. The monoisotopic (exact) mass is 442 g/mol. The number of aromatic nitrogens is 2. The third-order valence-electron chi connectivity index (χ3n) is 5.83. The summed E-state index contributed by atoms with van der Waals surface area (Å²) in [5.74, 6) is -3.23. The first kappa shape index (κ1) is 21.5. The van der Waals surface area contributed by atoms with Crippen LogP contribution in [-0.2, 0) is 14.4 Å². The van der Waals surface area contributed by atoms with E-state index in [2.05, 4.69) is 20.6 Å². The van der Waals surface area contributed by atoms with Crippen LogP contribution in [0, 0.1) is 18.7 Å². The molecule has 2 aliphatic heterocycles. The lowest BCUT2D eigenvalue weighted by Crippen LogP contribution is -2.41. The Labute approximate surface area is 182 Å². The zero-order chi connectivity index (χ0) is 23.0. The van der Waals surface area contributed by atoms with Crippen molar-refractivity contribution in [1.29, 1.82) is 0 Å². The van der Waals surface area contributed by atoms with Crippen LogP contribution in [0.2, 0.25) is 0 Å². The van der Waals surface area contributed by atoms with E-state index >= 15 is 0 Å². The molecule has 2 aliphatic rings. The Morgan fingerprint density at radius 2 is 1.97 bits per heavy atom. The van der Waals surface area contributed by atoms with Gasteiger partial charge in [0.15, 0.2) is 0 Å². The van der Waals surface area contributed by atoms with Crippen molar-refractivity contribution in [2.75, 3.05) is 28.6 Å². The van der Waals surface area contributed by atoms with Gasteiger partial charge in [0.2, 0.25) is 23.7 Å². The SMILES string of the molecule is Cc1ccc(NC(=O)[C@H]2CC(=O)Nc3nc(N4CCC(C(N)=O)CC4)[nH]c(=O)c32)c(F)c1. The summed E-state index contributed by atoms with van der Waals surface area (Å²) >= 11 is 0. The lowest BCUT2D eigenvalue weighted by atomic mass is 9.92. The lowest BCUT2D eigenvalue weighted by molar-refractivity contribution is -0.123. The average molecular weight is 442 g/mol. The van der Waals surface area contributed by atoms with Crippen molar-refractivity contribution in [2.24, 2.45) is 11.7 Å². The number of rotatable bonds is 4. The van der Waals surface area contributed by atoms with Gasteiger partial charge < -0.3 is 21.3 Å². The second-order valence-electron chi connectivity index (χ2n) is 8.09. The average Bonchev–Trinajstić information content (AvgIpc) is 2.74. The van der Waals surface area contributed by atoms with Crippen molar-refractivity contribution in [2.45, 2.75) is 32.1 Å². The zero-order valence-corrected chi connectivity index (χ0v) is 17.4. The molecule has 0 spiro atoms. The van der Waals surface area contributed by atoms with Crippen LogP contribution in [0.25, 0.3) is 0 Å². The highest BCUT2D eigenvalue weighted by Gasteiger charge is 2.36. The Balaban J connectivity index is 1.60. The summed E-state index contributed by atoms with van der Waals surface area (Å²) in [4.78, 5) is 58.2. The van der Waals surface area contributed by atoms with Crippen LogP contribution >= 0.6 is 0 Å². The molecule has 0 bridgehead atoms. The van der Waals surface area contributed by atoms with E-state index in [1.54, 1.807) is 17.9 Å². The quantitative estimate of drug-likeness (QED) is 0.554. The van der Waals surface area contributed by atoms with Crippen LogP contribution in [0.1, 0.15) is 36.3 Å². The Bertz CT molecular complexity index is 1160. The van der Waals surface area contributed by atoms with Gasteiger partial charge in [-0.2, -0.15) is 4.98 Å². The van der Waals surface area contributed by atoms with Crippen molar-refractivity contribution in [3.05, 3.63) is 45.5 Å². The van der Waals surface area contributed by atoms with Crippen molar-refractivity contribution >= 4 is 35.2 Å². The van der Waals surface area contributed by atoms with E-state index in [4.69, 9.17) is 5.73 Å². The number of benzene rings is 1. The summed E-state index contributed by atoms with van der Waals surface area (Å²) < 4.78 is 14.2. The molecule has 1 saturated heterocycles. The number of carbonyl (C=O) groups excluding carboxylic acids is 3. The van der Waals surface area contributed by atoms with Crippen LogP contribution in [0.3, 0.4) is 0 Å². The largest absolute Gasteiger partial charge is 0.369 e. The number of nitrogens with two attached hydrogens (primary N) is 1. The topological polar surface area (TPSA) is 150 Å². The maximum absolute atomic E-state index is 14.2. The molecule has 10 nitrogen and oxygen atoms in total. The zero-order valence-electron chi connectivity index (χ0n) is 17.4. The molecule has 1 fully saturated rings. The molecule has 0 saturated carbocycles. The minimum atomic E-state index is -1.12. The molecule has 4 rings (SSSR count). The molecule has 5 N–H and O–H groups in total. The number of fused-ring (bicyclic) bond motifs is 1. The summed E-state index contributed by atoms with van der Waals surface area (Å²) in [6.07, 6.45) is 0.783. The van der Waals surface area contributed by atoms with Crippen LogP contribution in [-0.4, -0.2) is 40.8 Å². The van der Waals surface area contributed by atoms with E-state index in [0.29, 0.717) is 31.5 Å². The number of H-pyrrole nitrogens is 1. The van der Waals surface area contributed by atoms with Gasteiger partial charge in [0, 0.05) is 25.4 Å². The fraction of sp³-hybridized carbons (Fsp3) is 0.381. The first-order valence-electron chi connectivity index (χ1n) is 10.3. The number of piperidine rings is 1. The molecule has 0 aliphatic carbocycles. The molecule has 32 heavy (non-hydrogen) atoms. The Hall–Kier alpha value is -3.76. The van der Waals surface area contributed by atoms with Gasteiger partial charge in [-0.05, 0) is 37.5 Å². The van der Waals surface area contributed by atoms with Crippen molar-refractivity contribution in [1.82, 2.24) is 9.97 Å². The van der Waals surface area contributed by atoms with Gasteiger partial charge in [-0.3, -0.25) is 24.2 Å². The number of aryl methyl sites for hydroxylation is 1. The molecule has 0 radical (unpaired) electrons.